The number of anilines is 1. The fourth-order valence-electron chi connectivity index (χ4n) is 4.00. The molecular weight excluding hydrogens is 466 g/mol. The lowest BCUT2D eigenvalue weighted by molar-refractivity contribution is -0.140. The molecule has 0 spiro atoms. The molecule has 0 fully saturated rings. The minimum atomic E-state index is -3.78. The van der Waals surface area contributed by atoms with Gasteiger partial charge in [-0.2, -0.15) is 0 Å². The molecule has 0 radical (unpaired) electrons. The van der Waals surface area contributed by atoms with Crippen LogP contribution >= 0.6 is 0 Å². The van der Waals surface area contributed by atoms with E-state index >= 15 is 0 Å². The van der Waals surface area contributed by atoms with Crippen LogP contribution in [0.25, 0.3) is 0 Å². The molecule has 0 aliphatic rings. The lowest BCUT2D eigenvalue weighted by Crippen LogP contribution is -2.53. The maximum Gasteiger partial charge on any atom is 0.244 e. The van der Waals surface area contributed by atoms with Gasteiger partial charge in [0.25, 0.3) is 0 Å². The van der Waals surface area contributed by atoms with Crippen molar-refractivity contribution < 1.29 is 22.7 Å². The fraction of sp³-hybridized carbons (Fsp3) is 0.462. The molecule has 192 valence electrons. The third-order valence-electron chi connectivity index (χ3n) is 5.70. The highest BCUT2D eigenvalue weighted by atomic mass is 32.2. The van der Waals surface area contributed by atoms with Crippen LogP contribution in [0.15, 0.2) is 42.5 Å². The normalized spacial score (nSPS) is 12.2. The van der Waals surface area contributed by atoms with E-state index in [9.17, 15) is 18.0 Å². The van der Waals surface area contributed by atoms with E-state index in [-0.39, 0.29) is 18.5 Å². The monoisotopic (exact) mass is 503 g/mol. The first kappa shape index (κ1) is 28.2. The number of methoxy groups -OCH3 is 1. The molecule has 1 atom stereocenters. The van der Waals surface area contributed by atoms with Gasteiger partial charge in [0.2, 0.25) is 21.8 Å². The van der Waals surface area contributed by atoms with Crippen molar-refractivity contribution in [3.05, 3.63) is 59.2 Å². The number of amides is 2. The van der Waals surface area contributed by atoms with Crippen LogP contribution in [0.3, 0.4) is 0 Å². The van der Waals surface area contributed by atoms with Crippen LogP contribution in [0.4, 0.5) is 5.69 Å². The lowest BCUT2D eigenvalue weighted by atomic mass is 10.1. The molecule has 0 saturated heterocycles. The molecule has 2 aromatic carbocycles. The maximum atomic E-state index is 13.7. The number of carbonyl (C=O) groups is 2. The summed E-state index contributed by atoms with van der Waals surface area (Å²) in [6.45, 7) is 8.90. The standard InChI is InChI=1S/C26H37N3O5S/c1-8-23(26(31)27-18(2)3)28(16-21-12-14-22(34-6)15-13-21)24(30)17-29(35(7,32)33)25-19(4)10-9-11-20(25)5/h9-15,18,23H,8,16-17H2,1-7H3,(H,27,31). The van der Waals surface area contributed by atoms with Gasteiger partial charge in [0.05, 0.1) is 19.1 Å². The van der Waals surface area contributed by atoms with Crippen molar-refractivity contribution in [2.45, 2.75) is 59.7 Å². The Morgan fingerprint density at radius 2 is 1.60 bits per heavy atom. The van der Waals surface area contributed by atoms with Crippen LogP contribution in [-0.2, 0) is 26.2 Å². The minimum Gasteiger partial charge on any atom is -0.497 e. The predicted molar refractivity (Wildman–Crippen MR) is 139 cm³/mol. The molecule has 9 heteroatoms. The topological polar surface area (TPSA) is 96.0 Å². The van der Waals surface area contributed by atoms with E-state index in [1.807, 2.05) is 65.0 Å². The second-order valence-corrected chi connectivity index (χ2v) is 10.9. The largest absolute Gasteiger partial charge is 0.497 e. The summed E-state index contributed by atoms with van der Waals surface area (Å²) >= 11 is 0. The van der Waals surface area contributed by atoms with E-state index in [0.717, 1.165) is 27.3 Å². The van der Waals surface area contributed by atoms with Crippen LogP contribution in [0.1, 0.15) is 43.9 Å². The second kappa shape index (κ2) is 12.1. The molecule has 2 rings (SSSR count). The van der Waals surface area contributed by atoms with Crippen molar-refractivity contribution in [2.24, 2.45) is 0 Å². The number of carbonyl (C=O) groups excluding carboxylic acids is 2. The molecule has 1 N–H and O–H groups in total. The van der Waals surface area contributed by atoms with Crippen molar-refractivity contribution in [3.8, 4) is 5.75 Å². The Balaban J connectivity index is 2.49. The minimum absolute atomic E-state index is 0.100. The molecule has 1 unspecified atom stereocenters. The number of aryl methyl sites for hydroxylation is 2. The first-order chi connectivity index (χ1) is 16.4. The number of sulfonamides is 1. The summed E-state index contributed by atoms with van der Waals surface area (Å²) in [5.74, 6) is -0.0588. The lowest BCUT2D eigenvalue weighted by Gasteiger charge is -2.34. The van der Waals surface area contributed by atoms with E-state index < -0.39 is 28.5 Å². The number of para-hydroxylation sites is 1. The van der Waals surface area contributed by atoms with Crippen LogP contribution in [0.2, 0.25) is 0 Å². The van der Waals surface area contributed by atoms with Crippen molar-refractivity contribution in [2.75, 3.05) is 24.2 Å². The van der Waals surface area contributed by atoms with E-state index in [0.29, 0.717) is 17.9 Å². The molecule has 0 aliphatic carbocycles. The number of ether oxygens (including phenoxy) is 1. The summed E-state index contributed by atoms with van der Waals surface area (Å²) in [4.78, 5) is 28.2. The van der Waals surface area contributed by atoms with Crippen molar-refractivity contribution in [1.82, 2.24) is 10.2 Å². The van der Waals surface area contributed by atoms with Crippen LogP contribution in [0, 0.1) is 13.8 Å². The molecule has 8 nitrogen and oxygen atoms in total. The number of hydrogen-bond acceptors (Lipinski definition) is 5. The highest BCUT2D eigenvalue weighted by Gasteiger charge is 2.32. The molecule has 2 aromatic rings. The molecule has 35 heavy (non-hydrogen) atoms. The summed E-state index contributed by atoms with van der Waals surface area (Å²) in [6.07, 6.45) is 1.46. The maximum absolute atomic E-state index is 13.7. The first-order valence-electron chi connectivity index (χ1n) is 11.7. The summed E-state index contributed by atoms with van der Waals surface area (Å²) in [5, 5.41) is 2.88. The summed E-state index contributed by atoms with van der Waals surface area (Å²) in [6, 6.07) is 11.8. The van der Waals surface area contributed by atoms with Crippen molar-refractivity contribution in [3.63, 3.8) is 0 Å². The van der Waals surface area contributed by atoms with Gasteiger partial charge in [-0.05, 0) is 62.9 Å². The number of nitrogens with zero attached hydrogens (tertiary/aromatic N) is 2. The SMILES string of the molecule is CCC(C(=O)NC(C)C)N(Cc1ccc(OC)cc1)C(=O)CN(c1c(C)cccc1C)S(C)(=O)=O. The van der Waals surface area contributed by atoms with Gasteiger partial charge < -0.3 is 15.0 Å². The number of rotatable bonds is 11. The Kier molecular flexibility index (Phi) is 9.71. The summed E-state index contributed by atoms with van der Waals surface area (Å²) in [5.41, 5.74) is 2.77. The molecular formula is C26H37N3O5S. The highest BCUT2D eigenvalue weighted by molar-refractivity contribution is 7.92. The van der Waals surface area contributed by atoms with Crippen molar-refractivity contribution in [1.29, 1.82) is 0 Å². The Morgan fingerprint density at radius 1 is 1.03 bits per heavy atom. The van der Waals surface area contributed by atoms with Gasteiger partial charge >= 0.3 is 0 Å². The van der Waals surface area contributed by atoms with Crippen LogP contribution in [-0.4, -0.2) is 57.1 Å². The zero-order chi connectivity index (χ0) is 26.3. The molecule has 0 bridgehead atoms. The average molecular weight is 504 g/mol. The van der Waals surface area contributed by atoms with Gasteiger partial charge in [-0.15, -0.1) is 0 Å². The van der Waals surface area contributed by atoms with Crippen LogP contribution < -0.4 is 14.4 Å². The molecule has 2 amide bonds. The van der Waals surface area contributed by atoms with Crippen LogP contribution in [0.5, 0.6) is 5.75 Å². The quantitative estimate of drug-likeness (QED) is 0.507. The Bertz CT molecular complexity index is 1110. The second-order valence-electron chi connectivity index (χ2n) is 8.97. The molecule has 0 aromatic heterocycles. The summed E-state index contributed by atoms with van der Waals surface area (Å²) in [7, 11) is -2.21. The Hall–Kier alpha value is -3.07. The van der Waals surface area contributed by atoms with Gasteiger partial charge in [-0.25, -0.2) is 8.42 Å². The smallest absolute Gasteiger partial charge is 0.244 e. The van der Waals surface area contributed by atoms with Gasteiger partial charge in [0, 0.05) is 12.6 Å². The molecule has 0 saturated carbocycles. The number of benzene rings is 2. The zero-order valence-electron chi connectivity index (χ0n) is 21.7. The predicted octanol–water partition coefficient (Wildman–Crippen LogP) is 3.41. The van der Waals surface area contributed by atoms with E-state index in [4.69, 9.17) is 4.74 Å². The third kappa shape index (κ3) is 7.45. The van der Waals surface area contributed by atoms with Gasteiger partial charge in [-0.3, -0.25) is 13.9 Å². The number of hydrogen-bond donors (Lipinski definition) is 1. The zero-order valence-corrected chi connectivity index (χ0v) is 22.5. The van der Waals surface area contributed by atoms with Gasteiger partial charge in [0.15, 0.2) is 0 Å². The third-order valence-corrected chi connectivity index (χ3v) is 6.81. The average Bonchev–Trinajstić information content (AvgIpc) is 2.77. The molecule has 0 aliphatic heterocycles. The van der Waals surface area contributed by atoms with E-state index in [1.54, 1.807) is 19.2 Å². The summed E-state index contributed by atoms with van der Waals surface area (Å²) < 4.78 is 32.0. The van der Waals surface area contributed by atoms with Gasteiger partial charge in [0.1, 0.15) is 18.3 Å². The Morgan fingerprint density at radius 3 is 2.06 bits per heavy atom. The highest BCUT2D eigenvalue weighted by Crippen LogP contribution is 2.27. The number of nitrogens with one attached hydrogen (secondary N) is 1. The molecule has 0 heterocycles. The van der Waals surface area contributed by atoms with Gasteiger partial charge in [-0.1, -0.05) is 37.3 Å². The van der Waals surface area contributed by atoms with E-state index in [1.165, 1.54) is 4.90 Å². The fourth-order valence-corrected chi connectivity index (χ4v) is 4.97. The first-order valence-corrected chi connectivity index (χ1v) is 13.5. The Labute approximate surface area is 209 Å². The van der Waals surface area contributed by atoms with Crippen molar-refractivity contribution >= 4 is 27.5 Å². The van der Waals surface area contributed by atoms with E-state index in [2.05, 4.69) is 5.32 Å².